The van der Waals surface area contributed by atoms with Gasteiger partial charge in [-0.1, -0.05) is 28.1 Å². The van der Waals surface area contributed by atoms with Gasteiger partial charge >= 0.3 is 0 Å². The van der Waals surface area contributed by atoms with E-state index in [0.29, 0.717) is 10.0 Å². The summed E-state index contributed by atoms with van der Waals surface area (Å²) in [5.74, 6) is -0.697. The van der Waals surface area contributed by atoms with Crippen molar-refractivity contribution in [1.29, 1.82) is 0 Å². The number of ether oxygens (including phenoxy) is 1. The minimum atomic E-state index is -0.453. The Kier molecular flexibility index (Phi) is 4.35. The van der Waals surface area contributed by atoms with Crippen LogP contribution in [0.4, 0.5) is 8.78 Å². The van der Waals surface area contributed by atoms with Gasteiger partial charge in [0.2, 0.25) is 0 Å². The van der Waals surface area contributed by atoms with Gasteiger partial charge < -0.3 is 4.74 Å². The molecule has 0 saturated carbocycles. The van der Waals surface area contributed by atoms with Crippen LogP contribution >= 0.6 is 31.9 Å². The second-order valence-corrected chi connectivity index (χ2v) is 5.29. The lowest BCUT2D eigenvalue weighted by molar-refractivity contribution is 0.288. The van der Waals surface area contributed by atoms with Crippen molar-refractivity contribution in [2.45, 2.75) is 6.61 Å². The molecular formula is C13H8Br2F2O. The van der Waals surface area contributed by atoms with Crippen LogP contribution in [-0.2, 0) is 6.61 Å². The Hall–Kier alpha value is -0.940. The van der Waals surface area contributed by atoms with Gasteiger partial charge in [0.1, 0.15) is 12.4 Å². The summed E-state index contributed by atoms with van der Waals surface area (Å²) >= 11 is 6.36. The maximum absolute atomic E-state index is 13.4. The zero-order valence-electron chi connectivity index (χ0n) is 9.09. The fourth-order valence-corrected chi connectivity index (χ4v) is 2.12. The van der Waals surface area contributed by atoms with Crippen LogP contribution in [0.25, 0.3) is 0 Å². The van der Waals surface area contributed by atoms with Crippen LogP contribution < -0.4 is 4.74 Å². The van der Waals surface area contributed by atoms with E-state index in [0.717, 1.165) is 4.47 Å². The van der Waals surface area contributed by atoms with E-state index in [9.17, 15) is 8.78 Å². The molecule has 0 radical (unpaired) electrons. The van der Waals surface area contributed by atoms with Crippen LogP contribution in [0.1, 0.15) is 5.56 Å². The average Bonchev–Trinajstić information content (AvgIpc) is 2.35. The molecule has 0 N–H and O–H groups in total. The lowest BCUT2D eigenvalue weighted by Crippen LogP contribution is -1.99. The topological polar surface area (TPSA) is 9.23 Å². The summed E-state index contributed by atoms with van der Waals surface area (Å²) in [6.07, 6.45) is 0. The quantitative estimate of drug-likeness (QED) is 0.725. The van der Waals surface area contributed by atoms with Crippen LogP contribution in [-0.4, -0.2) is 0 Å². The van der Waals surface area contributed by atoms with Crippen molar-refractivity contribution in [2.75, 3.05) is 0 Å². The molecule has 0 atom stereocenters. The van der Waals surface area contributed by atoms with Crippen molar-refractivity contribution in [3.05, 3.63) is 62.5 Å². The second kappa shape index (κ2) is 5.80. The molecule has 0 unspecified atom stereocenters. The molecule has 0 bridgehead atoms. The van der Waals surface area contributed by atoms with E-state index in [4.69, 9.17) is 4.74 Å². The van der Waals surface area contributed by atoms with Crippen LogP contribution in [0.3, 0.4) is 0 Å². The number of rotatable bonds is 3. The normalized spacial score (nSPS) is 10.4. The molecule has 1 nitrogen and oxygen atoms in total. The average molecular weight is 378 g/mol. The summed E-state index contributed by atoms with van der Waals surface area (Å²) in [6, 6.07) is 9.05. The van der Waals surface area contributed by atoms with Crippen molar-refractivity contribution >= 4 is 31.9 Å². The summed E-state index contributed by atoms with van der Waals surface area (Å²) < 4.78 is 33.1. The highest BCUT2D eigenvalue weighted by atomic mass is 79.9. The van der Waals surface area contributed by atoms with E-state index in [2.05, 4.69) is 31.9 Å². The van der Waals surface area contributed by atoms with Gasteiger partial charge in [-0.05, 0) is 40.2 Å². The Labute approximate surface area is 120 Å². The van der Waals surface area contributed by atoms with E-state index in [1.807, 2.05) is 0 Å². The first-order valence-corrected chi connectivity index (χ1v) is 6.67. The Morgan fingerprint density at radius 3 is 2.56 bits per heavy atom. The van der Waals surface area contributed by atoms with Gasteiger partial charge in [0.15, 0.2) is 11.6 Å². The van der Waals surface area contributed by atoms with Crippen molar-refractivity contribution in [3.8, 4) is 5.75 Å². The Bertz CT molecular complexity index is 571. The highest BCUT2D eigenvalue weighted by Crippen LogP contribution is 2.25. The number of hydrogen-bond acceptors (Lipinski definition) is 1. The zero-order chi connectivity index (χ0) is 13.1. The summed E-state index contributed by atoms with van der Waals surface area (Å²) in [5, 5.41) is 0. The Balaban J connectivity index is 2.16. The SMILES string of the molecule is Fc1ccc(Br)cc1OCc1cccc(F)c1Br. The summed E-state index contributed by atoms with van der Waals surface area (Å²) in [5.41, 5.74) is 0.620. The Morgan fingerprint density at radius 2 is 1.78 bits per heavy atom. The second-order valence-electron chi connectivity index (χ2n) is 3.58. The minimum Gasteiger partial charge on any atom is -0.486 e. The van der Waals surface area contributed by atoms with Gasteiger partial charge in [-0.3, -0.25) is 0 Å². The molecule has 18 heavy (non-hydrogen) atoms. The maximum Gasteiger partial charge on any atom is 0.165 e. The molecule has 0 aliphatic heterocycles. The van der Waals surface area contributed by atoms with Crippen molar-refractivity contribution < 1.29 is 13.5 Å². The fraction of sp³-hybridized carbons (Fsp3) is 0.0769. The summed E-state index contributed by atoms with van der Waals surface area (Å²) in [6.45, 7) is 0.0890. The van der Waals surface area contributed by atoms with Crippen LogP contribution in [0, 0.1) is 11.6 Å². The number of benzene rings is 2. The standard InChI is InChI=1S/C13H8Br2F2O/c14-9-4-5-10(16)12(6-9)18-7-8-2-1-3-11(17)13(8)15/h1-6H,7H2. The molecule has 2 aromatic carbocycles. The van der Waals surface area contributed by atoms with Gasteiger partial charge in [-0.25, -0.2) is 8.78 Å². The molecule has 0 aliphatic rings. The Morgan fingerprint density at radius 1 is 1.00 bits per heavy atom. The third kappa shape index (κ3) is 3.09. The van der Waals surface area contributed by atoms with Crippen LogP contribution in [0.15, 0.2) is 45.3 Å². The third-order valence-electron chi connectivity index (χ3n) is 2.31. The summed E-state index contributed by atoms with van der Waals surface area (Å²) in [7, 11) is 0. The zero-order valence-corrected chi connectivity index (χ0v) is 12.3. The van der Waals surface area contributed by atoms with E-state index in [1.165, 1.54) is 18.2 Å². The van der Waals surface area contributed by atoms with Crippen LogP contribution in [0.2, 0.25) is 0 Å². The number of halogens is 4. The molecule has 94 valence electrons. The predicted octanol–water partition coefficient (Wildman–Crippen LogP) is 5.07. The molecule has 0 fully saturated rings. The van der Waals surface area contributed by atoms with E-state index < -0.39 is 5.82 Å². The van der Waals surface area contributed by atoms with Crippen LogP contribution in [0.5, 0.6) is 5.75 Å². The largest absolute Gasteiger partial charge is 0.486 e. The summed E-state index contributed by atoms with van der Waals surface area (Å²) in [4.78, 5) is 0. The molecule has 0 heterocycles. The molecule has 2 aromatic rings. The van der Waals surface area contributed by atoms with Crippen molar-refractivity contribution in [2.24, 2.45) is 0 Å². The molecule has 0 spiro atoms. The predicted molar refractivity (Wildman–Crippen MR) is 72.5 cm³/mol. The van der Waals surface area contributed by atoms with Crippen molar-refractivity contribution in [3.63, 3.8) is 0 Å². The molecule has 0 saturated heterocycles. The monoisotopic (exact) mass is 376 g/mol. The first-order valence-electron chi connectivity index (χ1n) is 5.08. The van der Waals surface area contributed by atoms with Crippen molar-refractivity contribution in [1.82, 2.24) is 0 Å². The van der Waals surface area contributed by atoms with E-state index >= 15 is 0 Å². The molecule has 0 amide bonds. The molecule has 0 aliphatic carbocycles. The van der Waals surface area contributed by atoms with E-state index in [1.54, 1.807) is 18.2 Å². The minimum absolute atomic E-state index is 0.0890. The highest BCUT2D eigenvalue weighted by molar-refractivity contribution is 9.10. The van der Waals surface area contributed by atoms with Gasteiger partial charge in [0, 0.05) is 10.0 Å². The lowest BCUT2D eigenvalue weighted by Gasteiger charge is -2.09. The molecular weight excluding hydrogens is 370 g/mol. The van der Waals surface area contributed by atoms with E-state index in [-0.39, 0.29) is 18.2 Å². The smallest absolute Gasteiger partial charge is 0.165 e. The molecule has 5 heteroatoms. The molecule has 2 rings (SSSR count). The molecule has 0 aromatic heterocycles. The first-order chi connectivity index (χ1) is 8.58. The number of hydrogen-bond donors (Lipinski definition) is 0. The fourth-order valence-electron chi connectivity index (χ4n) is 1.40. The third-order valence-corrected chi connectivity index (χ3v) is 3.69. The van der Waals surface area contributed by atoms with Gasteiger partial charge in [0.05, 0.1) is 4.47 Å². The maximum atomic E-state index is 13.4. The van der Waals surface area contributed by atoms with Gasteiger partial charge in [0.25, 0.3) is 0 Å². The van der Waals surface area contributed by atoms with Gasteiger partial charge in [-0.15, -0.1) is 0 Å². The first kappa shape index (κ1) is 13.5. The highest BCUT2D eigenvalue weighted by Gasteiger charge is 2.08. The van der Waals surface area contributed by atoms with Gasteiger partial charge in [-0.2, -0.15) is 0 Å². The lowest BCUT2D eigenvalue weighted by atomic mass is 10.2.